The van der Waals surface area contributed by atoms with Gasteiger partial charge in [0.25, 0.3) is 10.1 Å². The largest absolute Gasteiger partial charge is 0.299 e. The normalized spacial score (nSPS) is 18.2. The van der Waals surface area contributed by atoms with Gasteiger partial charge in [-0.1, -0.05) is 18.6 Å². The van der Waals surface area contributed by atoms with E-state index in [1.807, 2.05) is 0 Å². The first-order valence-corrected chi connectivity index (χ1v) is 7.28. The number of hydrogen-bond acceptors (Lipinski definition) is 3. The van der Waals surface area contributed by atoms with Crippen LogP contribution in [0.15, 0.2) is 29.2 Å². The molecule has 17 heavy (non-hydrogen) atoms. The lowest BCUT2D eigenvalue weighted by Crippen LogP contribution is -2.29. The third-order valence-electron chi connectivity index (χ3n) is 3.08. The van der Waals surface area contributed by atoms with Crippen LogP contribution in [0.2, 0.25) is 0 Å². The van der Waals surface area contributed by atoms with Crippen LogP contribution in [0, 0.1) is 0 Å². The minimum absolute atomic E-state index is 0.0418. The molecule has 0 aromatic heterocycles. The van der Waals surface area contributed by atoms with Crippen molar-refractivity contribution in [3.05, 3.63) is 29.8 Å². The maximum atomic E-state index is 10.9. The Morgan fingerprint density at radius 1 is 1.06 bits per heavy atom. The van der Waals surface area contributed by atoms with E-state index in [-0.39, 0.29) is 4.90 Å². The molecule has 1 aromatic carbocycles. The zero-order valence-electron chi connectivity index (χ0n) is 9.67. The summed E-state index contributed by atoms with van der Waals surface area (Å²) in [5.41, 5.74) is 1.08. The van der Waals surface area contributed by atoms with Crippen LogP contribution in [-0.4, -0.2) is 31.0 Å². The van der Waals surface area contributed by atoms with E-state index in [0.29, 0.717) is 0 Å². The lowest BCUT2D eigenvalue weighted by molar-refractivity contribution is 0.221. The molecule has 1 fully saturated rings. The highest BCUT2D eigenvalue weighted by molar-refractivity contribution is 7.85. The standard InChI is InChI=1S/C12H17NO3S/c14-17(15,16)12-6-4-11(5-7-12)10-13-8-2-1-3-9-13/h4-7H,1-3,8-10H2,(H,14,15,16). The molecule has 0 saturated carbocycles. The third kappa shape index (κ3) is 3.52. The lowest BCUT2D eigenvalue weighted by Gasteiger charge is -2.26. The summed E-state index contributed by atoms with van der Waals surface area (Å²) in [4.78, 5) is 2.33. The van der Waals surface area contributed by atoms with Gasteiger partial charge in [0, 0.05) is 6.54 Å². The molecular formula is C12H17NO3S. The summed E-state index contributed by atoms with van der Waals surface area (Å²) in [5.74, 6) is 0. The predicted octanol–water partition coefficient (Wildman–Crippen LogP) is 1.92. The van der Waals surface area contributed by atoms with E-state index in [2.05, 4.69) is 4.90 Å². The van der Waals surface area contributed by atoms with Crippen LogP contribution in [0.4, 0.5) is 0 Å². The zero-order chi connectivity index (χ0) is 12.3. The Morgan fingerprint density at radius 3 is 2.18 bits per heavy atom. The first kappa shape index (κ1) is 12.5. The van der Waals surface area contributed by atoms with Gasteiger partial charge >= 0.3 is 0 Å². The highest BCUT2D eigenvalue weighted by Gasteiger charge is 2.12. The Balaban J connectivity index is 2.03. The predicted molar refractivity (Wildman–Crippen MR) is 65.4 cm³/mol. The second-order valence-electron chi connectivity index (χ2n) is 4.46. The Labute approximate surface area is 102 Å². The van der Waals surface area contributed by atoms with E-state index in [1.165, 1.54) is 31.4 Å². The highest BCUT2D eigenvalue weighted by Crippen LogP contribution is 2.15. The summed E-state index contributed by atoms with van der Waals surface area (Å²) in [7, 11) is -4.07. The molecule has 0 radical (unpaired) electrons. The van der Waals surface area contributed by atoms with Crippen LogP contribution in [0.3, 0.4) is 0 Å². The van der Waals surface area contributed by atoms with Gasteiger partial charge in [-0.3, -0.25) is 9.45 Å². The molecule has 1 heterocycles. The quantitative estimate of drug-likeness (QED) is 0.838. The van der Waals surface area contributed by atoms with Gasteiger partial charge in [0.2, 0.25) is 0 Å². The van der Waals surface area contributed by atoms with Crippen molar-refractivity contribution < 1.29 is 13.0 Å². The SMILES string of the molecule is O=S(=O)(O)c1ccc(CN2CCCCC2)cc1. The number of piperidine rings is 1. The van der Waals surface area contributed by atoms with Gasteiger partial charge < -0.3 is 0 Å². The van der Waals surface area contributed by atoms with Crippen molar-refractivity contribution in [3.8, 4) is 0 Å². The summed E-state index contributed by atoms with van der Waals surface area (Å²) in [5, 5.41) is 0. The molecule has 0 spiro atoms. The maximum absolute atomic E-state index is 10.9. The summed E-state index contributed by atoms with van der Waals surface area (Å²) in [6, 6.07) is 6.43. The molecule has 0 amide bonds. The van der Waals surface area contributed by atoms with Gasteiger partial charge in [0.1, 0.15) is 0 Å². The molecular weight excluding hydrogens is 238 g/mol. The van der Waals surface area contributed by atoms with Crippen molar-refractivity contribution in [2.45, 2.75) is 30.7 Å². The van der Waals surface area contributed by atoms with Crippen LogP contribution in [0.1, 0.15) is 24.8 Å². The molecule has 2 rings (SSSR count). The average Bonchev–Trinajstić information content (AvgIpc) is 2.30. The third-order valence-corrected chi connectivity index (χ3v) is 3.94. The monoisotopic (exact) mass is 255 g/mol. The molecule has 1 aliphatic heterocycles. The lowest BCUT2D eigenvalue weighted by atomic mass is 10.1. The van der Waals surface area contributed by atoms with Crippen LogP contribution in [0.5, 0.6) is 0 Å². The van der Waals surface area contributed by atoms with Crippen molar-refractivity contribution in [3.63, 3.8) is 0 Å². The number of hydrogen-bond donors (Lipinski definition) is 1. The van der Waals surface area contributed by atoms with Crippen molar-refractivity contribution in [1.82, 2.24) is 4.90 Å². The molecule has 0 aliphatic carbocycles. The van der Waals surface area contributed by atoms with Gasteiger partial charge in [0.05, 0.1) is 4.90 Å². The molecule has 0 atom stereocenters. The molecule has 1 N–H and O–H groups in total. The fraction of sp³-hybridized carbons (Fsp3) is 0.500. The second-order valence-corrected chi connectivity index (χ2v) is 5.88. The minimum atomic E-state index is -4.07. The van der Waals surface area contributed by atoms with Gasteiger partial charge in [-0.2, -0.15) is 8.42 Å². The molecule has 1 aliphatic rings. The summed E-state index contributed by atoms with van der Waals surface area (Å²) < 4.78 is 30.6. The van der Waals surface area contributed by atoms with E-state index in [4.69, 9.17) is 4.55 Å². The highest BCUT2D eigenvalue weighted by atomic mass is 32.2. The second kappa shape index (κ2) is 5.16. The maximum Gasteiger partial charge on any atom is 0.294 e. The Hall–Kier alpha value is -0.910. The molecule has 0 bridgehead atoms. The first-order valence-electron chi connectivity index (χ1n) is 5.84. The van der Waals surface area contributed by atoms with Gasteiger partial charge in [-0.25, -0.2) is 0 Å². The van der Waals surface area contributed by atoms with Crippen LogP contribution in [-0.2, 0) is 16.7 Å². The summed E-state index contributed by atoms with van der Waals surface area (Å²) in [6.45, 7) is 3.08. The number of nitrogens with zero attached hydrogens (tertiary/aromatic N) is 1. The van der Waals surface area contributed by atoms with Crippen molar-refractivity contribution in [1.29, 1.82) is 0 Å². The van der Waals surface area contributed by atoms with Crippen molar-refractivity contribution in [2.75, 3.05) is 13.1 Å². The number of benzene rings is 1. The van der Waals surface area contributed by atoms with E-state index >= 15 is 0 Å². The zero-order valence-corrected chi connectivity index (χ0v) is 10.5. The van der Waals surface area contributed by atoms with Gasteiger partial charge in [0.15, 0.2) is 0 Å². The molecule has 4 nitrogen and oxygen atoms in total. The molecule has 5 heteroatoms. The molecule has 94 valence electrons. The fourth-order valence-electron chi connectivity index (χ4n) is 2.14. The summed E-state index contributed by atoms with van der Waals surface area (Å²) in [6.07, 6.45) is 3.78. The first-order chi connectivity index (χ1) is 8.05. The van der Waals surface area contributed by atoms with Gasteiger partial charge in [-0.15, -0.1) is 0 Å². The number of likely N-dealkylation sites (tertiary alicyclic amines) is 1. The van der Waals surface area contributed by atoms with Crippen LogP contribution in [0.25, 0.3) is 0 Å². The van der Waals surface area contributed by atoms with Crippen LogP contribution < -0.4 is 0 Å². The Morgan fingerprint density at radius 2 is 1.65 bits per heavy atom. The van der Waals surface area contributed by atoms with E-state index in [0.717, 1.165) is 25.2 Å². The van der Waals surface area contributed by atoms with Crippen LogP contribution >= 0.6 is 0 Å². The number of rotatable bonds is 3. The molecule has 1 saturated heterocycles. The topological polar surface area (TPSA) is 57.6 Å². The smallest absolute Gasteiger partial charge is 0.294 e. The van der Waals surface area contributed by atoms with Gasteiger partial charge in [-0.05, 0) is 43.6 Å². The van der Waals surface area contributed by atoms with Crippen molar-refractivity contribution in [2.24, 2.45) is 0 Å². The Kier molecular flexibility index (Phi) is 3.81. The van der Waals surface area contributed by atoms with E-state index < -0.39 is 10.1 Å². The van der Waals surface area contributed by atoms with Crippen molar-refractivity contribution >= 4 is 10.1 Å². The van der Waals surface area contributed by atoms with E-state index in [9.17, 15) is 8.42 Å². The average molecular weight is 255 g/mol. The fourth-order valence-corrected chi connectivity index (χ4v) is 2.62. The Bertz CT molecular complexity index is 461. The summed E-state index contributed by atoms with van der Waals surface area (Å²) >= 11 is 0. The molecule has 0 unspecified atom stereocenters. The van der Waals surface area contributed by atoms with E-state index in [1.54, 1.807) is 12.1 Å². The molecule has 1 aromatic rings. The minimum Gasteiger partial charge on any atom is -0.299 e.